The second kappa shape index (κ2) is 4.32. The Kier molecular flexibility index (Phi) is 2.70. The van der Waals surface area contributed by atoms with E-state index in [-0.39, 0.29) is 5.75 Å². The van der Waals surface area contributed by atoms with E-state index in [1.807, 2.05) is 24.3 Å². The average Bonchev–Trinajstić information content (AvgIpc) is 2.31. The summed E-state index contributed by atoms with van der Waals surface area (Å²) in [6, 6.07) is 12.4. The molecule has 0 aliphatic carbocycles. The maximum atomic E-state index is 11.1. The fourth-order valence-electron chi connectivity index (χ4n) is 1.25. The lowest BCUT2D eigenvalue weighted by Gasteiger charge is -2.05. The monoisotopic (exact) mass is 212 g/mol. The molecule has 1 aromatic carbocycles. The Bertz CT molecular complexity index is 532. The maximum absolute atomic E-state index is 11.1. The third-order valence-electron chi connectivity index (χ3n) is 1.99. The molecule has 1 aromatic heterocycles. The molecule has 4 nitrogen and oxygen atoms in total. The largest absolute Gasteiger partial charge is 0.619 e. The first-order valence-electron chi connectivity index (χ1n) is 4.65. The maximum Gasteiger partial charge on any atom is 0.224 e. The molecule has 0 aliphatic rings. The number of pyridine rings is 1. The number of hydrogen-bond acceptors (Lipinski definition) is 3. The minimum absolute atomic E-state index is 0.256. The summed E-state index contributed by atoms with van der Waals surface area (Å²) in [6.07, 6.45) is 2.49. The predicted octanol–water partition coefficient (Wildman–Crippen LogP) is 1.98. The first-order valence-corrected chi connectivity index (χ1v) is 4.65. The summed E-state index contributed by atoms with van der Waals surface area (Å²) in [4.78, 5) is 0. The quantitative estimate of drug-likeness (QED) is 0.565. The minimum atomic E-state index is 0.256. The van der Waals surface area contributed by atoms with Crippen LogP contribution in [0.15, 0.2) is 48.8 Å². The van der Waals surface area contributed by atoms with Crippen molar-refractivity contribution in [3.8, 4) is 17.6 Å². The molecule has 0 saturated heterocycles. The Morgan fingerprint density at radius 2 is 1.94 bits per heavy atom. The Morgan fingerprint density at radius 1 is 1.19 bits per heavy atom. The second-order valence-corrected chi connectivity index (χ2v) is 3.11. The molecule has 0 saturated carbocycles. The molecule has 2 aromatic rings. The molecule has 0 unspecified atom stereocenters. The fraction of sp³-hybridized carbons (Fsp3) is 0. The van der Waals surface area contributed by atoms with Crippen molar-refractivity contribution >= 4 is 0 Å². The highest BCUT2D eigenvalue weighted by Gasteiger charge is 2.08. The van der Waals surface area contributed by atoms with Gasteiger partial charge in [0.2, 0.25) is 11.9 Å². The molecule has 0 radical (unpaired) electrons. The summed E-state index contributed by atoms with van der Waals surface area (Å²) < 4.78 is 6.03. The average molecular weight is 212 g/mol. The number of para-hydroxylation sites is 1. The molecule has 0 fully saturated rings. The van der Waals surface area contributed by atoms with Gasteiger partial charge in [-0.05, 0) is 12.1 Å². The molecular formula is C12H8N2O2. The first-order chi connectivity index (χ1) is 7.79. The fourth-order valence-corrected chi connectivity index (χ4v) is 1.25. The lowest BCUT2D eigenvalue weighted by atomic mass is 10.2. The van der Waals surface area contributed by atoms with Crippen LogP contribution in [-0.2, 0) is 0 Å². The highest BCUT2D eigenvalue weighted by atomic mass is 16.5. The highest BCUT2D eigenvalue weighted by Crippen LogP contribution is 2.22. The summed E-state index contributed by atoms with van der Waals surface area (Å²) in [7, 11) is 0. The SMILES string of the molecule is N#Cc1cc[n+]([O-])cc1Oc1ccccc1. The van der Waals surface area contributed by atoms with E-state index in [0.717, 1.165) is 0 Å². The lowest BCUT2D eigenvalue weighted by molar-refractivity contribution is -0.605. The molecule has 78 valence electrons. The Hall–Kier alpha value is -2.54. The van der Waals surface area contributed by atoms with Crippen LogP contribution in [0.5, 0.6) is 11.5 Å². The number of nitriles is 1. The van der Waals surface area contributed by atoms with Gasteiger partial charge >= 0.3 is 0 Å². The van der Waals surface area contributed by atoms with Crippen molar-refractivity contribution in [2.45, 2.75) is 0 Å². The van der Waals surface area contributed by atoms with Gasteiger partial charge in [-0.25, -0.2) is 0 Å². The summed E-state index contributed by atoms with van der Waals surface area (Å²) >= 11 is 0. The number of nitrogens with zero attached hydrogens (tertiary/aromatic N) is 2. The van der Waals surface area contributed by atoms with Crippen molar-refractivity contribution in [2.24, 2.45) is 0 Å². The predicted molar refractivity (Wildman–Crippen MR) is 56.6 cm³/mol. The van der Waals surface area contributed by atoms with E-state index in [1.54, 1.807) is 12.1 Å². The second-order valence-electron chi connectivity index (χ2n) is 3.11. The van der Waals surface area contributed by atoms with Crippen LogP contribution in [0.3, 0.4) is 0 Å². The van der Waals surface area contributed by atoms with Gasteiger partial charge in [0.05, 0.1) is 0 Å². The molecule has 2 rings (SSSR count). The molecule has 0 bridgehead atoms. The molecule has 0 spiro atoms. The number of benzene rings is 1. The Labute approximate surface area is 92.5 Å². The van der Waals surface area contributed by atoms with Gasteiger partial charge in [0.25, 0.3) is 0 Å². The van der Waals surface area contributed by atoms with Crippen LogP contribution >= 0.6 is 0 Å². The Balaban J connectivity index is 2.35. The van der Waals surface area contributed by atoms with Gasteiger partial charge in [0, 0.05) is 6.07 Å². The van der Waals surface area contributed by atoms with Crippen molar-refractivity contribution < 1.29 is 9.47 Å². The van der Waals surface area contributed by atoms with Gasteiger partial charge in [-0.15, -0.1) is 0 Å². The molecule has 0 amide bonds. The van der Waals surface area contributed by atoms with Crippen LogP contribution < -0.4 is 9.47 Å². The van der Waals surface area contributed by atoms with Crippen molar-refractivity contribution in [1.29, 1.82) is 5.26 Å². The van der Waals surface area contributed by atoms with Crippen LogP contribution in [-0.4, -0.2) is 0 Å². The topological polar surface area (TPSA) is 60.0 Å². The Morgan fingerprint density at radius 3 is 2.62 bits per heavy atom. The molecule has 0 N–H and O–H groups in total. The molecule has 4 heteroatoms. The zero-order chi connectivity index (χ0) is 11.4. The van der Waals surface area contributed by atoms with E-state index in [2.05, 4.69) is 0 Å². The lowest BCUT2D eigenvalue weighted by Crippen LogP contribution is -2.24. The zero-order valence-corrected chi connectivity index (χ0v) is 8.33. The molecule has 0 atom stereocenters. The molecule has 0 aliphatic heterocycles. The van der Waals surface area contributed by atoms with Crippen LogP contribution in [0.25, 0.3) is 0 Å². The van der Waals surface area contributed by atoms with Crippen molar-refractivity contribution in [1.82, 2.24) is 0 Å². The van der Waals surface area contributed by atoms with Gasteiger partial charge < -0.3 is 9.94 Å². The summed E-state index contributed by atoms with van der Waals surface area (Å²) in [5.41, 5.74) is 0.330. The summed E-state index contributed by atoms with van der Waals surface area (Å²) in [5, 5.41) is 19.9. The number of ether oxygens (including phenoxy) is 1. The zero-order valence-electron chi connectivity index (χ0n) is 8.33. The van der Waals surface area contributed by atoms with Crippen LogP contribution in [0.4, 0.5) is 0 Å². The van der Waals surface area contributed by atoms with Crippen LogP contribution in [0.2, 0.25) is 0 Å². The third kappa shape index (κ3) is 2.10. The van der Waals surface area contributed by atoms with Crippen LogP contribution in [0, 0.1) is 16.5 Å². The third-order valence-corrected chi connectivity index (χ3v) is 1.99. The van der Waals surface area contributed by atoms with Gasteiger partial charge in [0.1, 0.15) is 17.4 Å². The van der Waals surface area contributed by atoms with Gasteiger partial charge in [0.15, 0.2) is 6.20 Å². The smallest absolute Gasteiger partial charge is 0.224 e. The summed E-state index contributed by atoms with van der Waals surface area (Å²) in [5.74, 6) is 0.844. The van der Waals surface area contributed by atoms with E-state index in [1.165, 1.54) is 18.5 Å². The van der Waals surface area contributed by atoms with E-state index in [4.69, 9.17) is 10.00 Å². The van der Waals surface area contributed by atoms with Crippen molar-refractivity contribution in [2.75, 3.05) is 0 Å². The standard InChI is InChI=1S/C12H8N2O2/c13-8-10-6-7-14(15)9-12(10)16-11-4-2-1-3-5-11/h1-7,9H. The van der Waals surface area contributed by atoms with E-state index < -0.39 is 0 Å². The van der Waals surface area contributed by atoms with E-state index in [9.17, 15) is 5.21 Å². The number of rotatable bonds is 2. The van der Waals surface area contributed by atoms with Crippen molar-refractivity contribution in [3.05, 3.63) is 59.6 Å². The van der Waals surface area contributed by atoms with E-state index >= 15 is 0 Å². The first kappa shape index (κ1) is 9.99. The summed E-state index contributed by atoms with van der Waals surface area (Å²) in [6.45, 7) is 0. The highest BCUT2D eigenvalue weighted by molar-refractivity contribution is 5.41. The normalized spacial score (nSPS) is 9.44. The van der Waals surface area contributed by atoms with Gasteiger partial charge in [-0.1, -0.05) is 18.2 Å². The number of hydrogen-bond donors (Lipinski definition) is 0. The van der Waals surface area contributed by atoms with Gasteiger partial charge in [-0.2, -0.15) is 9.99 Å². The molecular weight excluding hydrogens is 204 g/mol. The van der Waals surface area contributed by atoms with Crippen molar-refractivity contribution in [3.63, 3.8) is 0 Å². The minimum Gasteiger partial charge on any atom is -0.619 e. The number of aromatic nitrogens is 1. The van der Waals surface area contributed by atoms with Gasteiger partial charge in [-0.3, -0.25) is 0 Å². The molecule has 1 heterocycles. The van der Waals surface area contributed by atoms with E-state index in [0.29, 0.717) is 16.0 Å². The molecule has 16 heavy (non-hydrogen) atoms. The van der Waals surface area contributed by atoms with Crippen LogP contribution in [0.1, 0.15) is 5.56 Å².